The molecule has 14 heteroatoms. The monoisotopic (exact) mass is 946 g/mol. The third kappa shape index (κ3) is 11.5. The molecule has 14 nitrogen and oxygen atoms in total. The Morgan fingerprint density at radius 2 is 1.16 bits per heavy atom. The van der Waals surface area contributed by atoms with Crippen molar-refractivity contribution in [3.63, 3.8) is 0 Å². The lowest BCUT2D eigenvalue weighted by Crippen LogP contribution is -2.44. The first-order valence-corrected chi connectivity index (χ1v) is 23.1. The van der Waals surface area contributed by atoms with Gasteiger partial charge in [0.25, 0.3) is 0 Å². The topological polar surface area (TPSA) is 143 Å². The maximum atomic E-state index is 13.0. The molecule has 2 unspecified atom stereocenters. The highest BCUT2D eigenvalue weighted by atomic mass is 16.5. The van der Waals surface area contributed by atoms with E-state index in [2.05, 4.69) is 102 Å². The number of allylic oxidation sites excluding steroid dienone is 1. The number of imidazole rings is 2. The summed E-state index contributed by atoms with van der Waals surface area (Å²) in [5.41, 5.74) is 7.31. The number of nitrogens with zero attached hydrogens (tertiary/aromatic N) is 9. The first kappa shape index (κ1) is 52.4. The first-order valence-electron chi connectivity index (χ1n) is 23.1. The number of para-hydroxylation sites is 2. The van der Waals surface area contributed by atoms with Crippen molar-refractivity contribution in [2.24, 2.45) is 0 Å². The van der Waals surface area contributed by atoms with Gasteiger partial charge in [-0.05, 0) is 93.5 Å². The number of benzene rings is 4. The average molecular weight is 946 g/mol. The van der Waals surface area contributed by atoms with Crippen molar-refractivity contribution in [1.82, 2.24) is 44.6 Å². The molecule has 4 aromatic carbocycles. The largest absolute Gasteiger partial charge is 0.481 e. The number of H-pyrrole nitrogens is 2. The molecule has 0 radical (unpaired) electrons. The summed E-state index contributed by atoms with van der Waals surface area (Å²) < 4.78 is 5.12. The van der Waals surface area contributed by atoms with Crippen LogP contribution in [0.1, 0.15) is 71.5 Å². The van der Waals surface area contributed by atoms with E-state index in [4.69, 9.17) is 14.7 Å². The van der Waals surface area contributed by atoms with Crippen LogP contribution >= 0.6 is 0 Å². The highest BCUT2D eigenvalue weighted by molar-refractivity contribution is 5.94. The minimum absolute atomic E-state index is 0. The van der Waals surface area contributed by atoms with E-state index in [0.29, 0.717) is 18.7 Å². The Morgan fingerprint density at radius 1 is 0.629 bits per heavy atom. The van der Waals surface area contributed by atoms with Gasteiger partial charge >= 0.3 is 0 Å². The molecule has 3 aliphatic heterocycles. The predicted molar refractivity (Wildman–Crippen MR) is 289 cm³/mol. The van der Waals surface area contributed by atoms with Crippen LogP contribution in [0.2, 0.25) is 0 Å². The number of ketones is 2. The Hall–Kier alpha value is -7.00. The Kier molecular flexibility index (Phi) is 17.6. The molecule has 0 aliphatic carbocycles. The van der Waals surface area contributed by atoms with Gasteiger partial charge in [0.15, 0.2) is 5.78 Å². The van der Waals surface area contributed by atoms with Gasteiger partial charge in [0.2, 0.25) is 5.88 Å². The number of likely N-dealkylation sites (N-methyl/N-ethyl adjacent to an activating group) is 2. The number of carbonyl (C=O) groups is 2. The number of carbonyl (C=O) groups excluding carboxylic acids is 2. The van der Waals surface area contributed by atoms with Gasteiger partial charge < -0.3 is 34.3 Å². The molecule has 70 heavy (non-hydrogen) atoms. The molecule has 2 N–H and O–H groups in total. The smallest absolute Gasteiger partial charge is 0.221 e. The van der Waals surface area contributed by atoms with E-state index >= 15 is 0 Å². The zero-order valence-corrected chi connectivity index (χ0v) is 39.0. The summed E-state index contributed by atoms with van der Waals surface area (Å²) in [5.74, 6) is 2.55. The number of anilines is 2. The third-order valence-electron chi connectivity index (χ3n) is 13.2. The van der Waals surface area contributed by atoms with Crippen LogP contribution in [0.25, 0.3) is 49.7 Å². The molecule has 3 fully saturated rings. The lowest BCUT2D eigenvalue weighted by Gasteiger charge is -2.37. The zero-order chi connectivity index (χ0) is 46.4. The minimum atomic E-state index is -0.111. The summed E-state index contributed by atoms with van der Waals surface area (Å²) >= 11 is 0. The van der Waals surface area contributed by atoms with Crippen LogP contribution in [0.15, 0.2) is 116 Å². The number of piperidine rings is 1. The van der Waals surface area contributed by atoms with Crippen LogP contribution in [0.4, 0.5) is 11.4 Å². The van der Waals surface area contributed by atoms with Crippen molar-refractivity contribution in [2.45, 2.75) is 54.1 Å². The summed E-state index contributed by atoms with van der Waals surface area (Å²) in [4.78, 5) is 61.1. The summed E-state index contributed by atoms with van der Waals surface area (Å²) in [5, 5.41) is 4.47. The molecule has 2 atom stereocenters. The maximum absolute atomic E-state index is 13.0. The van der Waals surface area contributed by atoms with Crippen molar-refractivity contribution >= 4 is 72.6 Å². The number of aromatic nitrogens is 6. The molecule has 3 aliphatic rings. The number of pyridine rings is 2. The maximum Gasteiger partial charge on any atom is 0.221 e. The molecular weight excluding hydrogens is 875 g/mol. The molecule has 11 rings (SSSR count). The predicted octanol–water partition coefficient (Wildman–Crippen LogP) is 10.0. The fraction of sp³-hybridized carbons (Fsp3) is 0.357. The van der Waals surface area contributed by atoms with Gasteiger partial charge in [0.05, 0.1) is 47.3 Å². The number of aromatic amines is 2. The number of hydrogen-bond donors (Lipinski definition) is 2. The second-order valence-electron chi connectivity index (χ2n) is 17.7. The summed E-state index contributed by atoms with van der Waals surface area (Å²) in [6.45, 7) is 9.79. The van der Waals surface area contributed by atoms with E-state index in [9.17, 15) is 9.59 Å². The van der Waals surface area contributed by atoms with Crippen LogP contribution in [0, 0.1) is 0 Å². The van der Waals surface area contributed by atoms with Crippen molar-refractivity contribution in [1.29, 1.82) is 0 Å². The number of Topliss-reactive ketones (excluding diaryl/α,β-unsaturated/α-hetero) is 1. The Morgan fingerprint density at radius 3 is 1.76 bits per heavy atom. The fourth-order valence-electron chi connectivity index (χ4n) is 9.37. The van der Waals surface area contributed by atoms with Gasteiger partial charge in [-0.15, -0.1) is 0 Å². The molecule has 368 valence electrons. The highest BCUT2D eigenvalue weighted by Crippen LogP contribution is 2.40. The minimum Gasteiger partial charge on any atom is -0.481 e. The van der Waals surface area contributed by atoms with Crippen LogP contribution in [-0.4, -0.2) is 137 Å². The second kappa shape index (κ2) is 23.5. The van der Waals surface area contributed by atoms with Crippen LogP contribution in [0.5, 0.6) is 5.88 Å². The number of rotatable bonds is 7. The van der Waals surface area contributed by atoms with Gasteiger partial charge in [0, 0.05) is 88.4 Å². The SMILES string of the molecule is C.C.C.CC(=O)/C=C/c1nc2c(N3CCN(C)CC3)cccc2[nH]1.CN1CCN(c2cccc3[nH]c(C4CC(=O)CC(c5nccc6ccccc56)N4C)nc23)CC1.COc1nccc2ccccc12. The van der Waals surface area contributed by atoms with E-state index < -0.39 is 0 Å². The molecule has 4 aromatic heterocycles. The van der Waals surface area contributed by atoms with Gasteiger partial charge in [-0.3, -0.25) is 19.5 Å². The van der Waals surface area contributed by atoms with Crippen LogP contribution < -0.4 is 14.5 Å². The Bertz CT molecular complexity index is 3030. The van der Waals surface area contributed by atoms with Crippen molar-refractivity contribution in [3.8, 4) is 5.88 Å². The van der Waals surface area contributed by atoms with E-state index in [-0.39, 0.29) is 45.9 Å². The number of hydrogen-bond acceptors (Lipinski definition) is 12. The standard InChI is InChI=1S/C27H30N6O.C16H20N4O.C10H9NO.3CH4/c1-31-12-14-33(15-13-31)22-9-5-8-21-26(22)30-27(29-21)24-17-19(34)16-23(32(24)2)25-20-7-4-3-6-18(20)10-11-28-25;1-12(21)6-7-15-17-13-4-3-5-14(16(13)18-15)20-10-8-19(2)9-11-20;1-12-10-9-5-3-2-4-8(9)6-7-11-10;;;/h3-11,23-24H,12-17H2,1-2H3,(H,29,30);3-7H,8-11H2,1-2H3,(H,17,18);2-7H,1H3;3*1H4/b;7-6+;;;;. The summed E-state index contributed by atoms with van der Waals surface area (Å²) in [7, 11) is 8.05. The number of fused-ring (bicyclic) bond motifs is 4. The van der Waals surface area contributed by atoms with Gasteiger partial charge in [-0.2, -0.15) is 0 Å². The number of methoxy groups -OCH3 is 1. The van der Waals surface area contributed by atoms with Gasteiger partial charge in [0.1, 0.15) is 28.5 Å². The van der Waals surface area contributed by atoms with Gasteiger partial charge in [-0.1, -0.05) is 76.9 Å². The normalized spacial score (nSPS) is 17.8. The number of nitrogens with one attached hydrogen (secondary N) is 2. The molecule has 0 amide bonds. The van der Waals surface area contributed by atoms with E-state index in [0.717, 1.165) is 113 Å². The number of piperazine rings is 2. The number of likely N-dealkylation sites (tertiary alicyclic amines) is 1. The molecule has 7 heterocycles. The van der Waals surface area contributed by atoms with Crippen molar-refractivity contribution in [2.75, 3.05) is 90.4 Å². The molecule has 0 spiro atoms. The lowest BCUT2D eigenvalue weighted by molar-refractivity contribution is -0.125. The van der Waals surface area contributed by atoms with Crippen LogP contribution in [-0.2, 0) is 9.59 Å². The molecular formula is C56H71N11O3. The Labute approximate surface area is 413 Å². The number of ether oxygens (including phenoxy) is 1. The van der Waals surface area contributed by atoms with Crippen LogP contribution in [0.3, 0.4) is 0 Å². The molecule has 3 saturated heterocycles. The fourth-order valence-corrected chi connectivity index (χ4v) is 9.37. The first-order chi connectivity index (χ1) is 32.6. The second-order valence-corrected chi connectivity index (χ2v) is 17.7. The summed E-state index contributed by atoms with van der Waals surface area (Å²) in [6, 6.07) is 32.6. The molecule has 8 aromatic rings. The van der Waals surface area contributed by atoms with Crippen molar-refractivity contribution in [3.05, 3.63) is 133 Å². The van der Waals surface area contributed by atoms with Crippen molar-refractivity contribution < 1.29 is 14.3 Å². The van der Waals surface area contributed by atoms with E-state index in [1.54, 1.807) is 19.4 Å². The molecule has 0 saturated carbocycles. The van der Waals surface area contributed by atoms with E-state index in [1.807, 2.05) is 66.9 Å². The Balaban J connectivity index is 0.000000190. The molecule has 0 bridgehead atoms. The average Bonchev–Trinajstić information content (AvgIpc) is 4.00. The van der Waals surface area contributed by atoms with E-state index in [1.165, 1.54) is 24.4 Å². The van der Waals surface area contributed by atoms with Gasteiger partial charge in [-0.25, -0.2) is 15.0 Å². The zero-order valence-electron chi connectivity index (χ0n) is 39.0. The third-order valence-corrected chi connectivity index (χ3v) is 13.2. The quantitative estimate of drug-likeness (QED) is 0.147. The summed E-state index contributed by atoms with van der Waals surface area (Å²) in [6.07, 6.45) is 7.80. The lowest BCUT2D eigenvalue weighted by atomic mass is 9.90. The highest BCUT2D eigenvalue weighted by Gasteiger charge is 2.37.